The van der Waals surface area contributed by atoms with Crippen LogP contribution in [0.2, 0.25) is 0 Å². The van der Waals surface area contributed by atoms with Crippen molar-refractivity contribution < 1.29 is 18.7 Å². The summed E-state index contributed by atoms with van der Waals surface area (Å²) >= 11 is 0. The Morgan fingerprint density at radius 1 is 1.04 bits per heavy atom. The Labute approximate surface area is 159 Å². The van der Waals surface area contributed by atoms with Gasteiger partial charge in [-0.3, -0.25) is 9.59 Å². The van der Waals surface area contributed by atoms with Crippen LogP contribution in [0.1, 0.15) is 24.5 Å². The summed E-state index contributed by atoms with van der Waals surface area (Å²) in [5, 5.41) is 2.77. The summed E-state index contributed by atoms with van der Waals surface area (Å²) in [4.78, 5) is 25.9. The zero-order valence-electron chi connectivity index (χ0n) is 15.7. The Kier molecular flexibility index (Phi) is 7.95. The maximum absolute atomic E-state index is 13.1. The summed E-state index contributed by atoms with van der Waals surface area (Å²) < 4.78 is 18.0. The Balaban J connectivity index is 2.06. The molecular formula is C21H25FN2O3. The molecule has 0 heterocycles. The average molecular weight is 372 g/mol. The number of nitrogens with one attached hydrogen (secondary N) is 1. The van der Waals surface area contributed by atoms with E-state index in [2.05, 4.69) is 5.32 Å². The molecule has 0 aliphatic rings. The van der Waals surface area contributed by atoms with Gasteiger partial charge in [0.15, 0.2) is 0 Å². The maximum Gasteiger partial charge on any atom is 0.227 e. The van der Waals surface area contributed by atoms with Crippen LogP contribution in [0.25, 0.3) is 0 Å². The minimum Gasteiger partial charge on any atom is -0.383 e. The van der Waals surface area contributed by atoms with Crippen LogP contribution in [0, 0.1) is 5.82 Å². The first-order chi connectivity index (χ1) is 13.0. The van der Waals surface area contributed by atoms with Gasteiger partial charge in [-0.2, -0.15) is 0 Å². The van der Waals surface area contributed by atoms with Crippen LogP contribution in [-0.4, -0.2) is 32.1 Å². The van der Waals surface area contributed by atoms with Crippen LogP contribution < -0.4 is 10.2 Å². The lowest BCUT2D eigenvalue weighted by Crippen LogP contribution is -2.30. The van der Waals surface area contributed by atoms with Gasteiger partial charge < -0.3 is 15.0 Å². The zero-order chi connectivity index (χ0) is 19.6. The summed E-state index contributed by atoms with van der Waals surface area (Å²) in [6.45, 7) is 3.12. The van der Waals surface area contributed by atoms with Gasteiger partial charge in [0.05, 0.1) is 19.6 Å². The summed E-state index contributed by atoms with van der Waals surface area (Å²) in [6.07, 6.45) is 0.633. The number of hydrogen-bond acceptors (Lipinski definition) is 3. The van der Waals surface area contributed by atoms with E-state index in [1.54, 1.807) is 31.1 Å². The number of hydrogen-bond donors (Lipinski definition) is 1. The van der Waals surface area contributed by atoms with Gasteiger partial charge in [0, 0.05) is 25.8 Å². The predicted molar refractivity (Wildman–Crippen MR) is 103 cm³/mol. The molecule has 2 aromatic rings. The van der Waals surface area contributed by atoms with Crippen LogP contribution in [0.5, 0.6) is 0 Å². The average Bonchev–Trinajstić information content (AvgIpc) is 2.68. The molecule has 0 fully saturated rings. The fourth-order valence-electron chi connectivity index (χ4n) is 2.62. The fourth-order valence-corrected chi connectivity index (χ4v) is 2.62. The molecule has 2 amide bonds. The lowest BCUT2D eigenvalue weighted by molar-refractivity contribution is -0.120. The number of nitrogens with zero attached hydrogens (tertiary/aromatic N) is 1. The first-order valence-electron chi connectivity index (χ1n) is 8.93. The van der Waals surface area contributed by atoms with Crippen molar-refractivity contribution in [1.82, 2.24) is 5.32 Å². The van der Waals surface area contributed by atoms with E-state index in [-0.39, 0.29) is 24.1 Å². The monoisotopic (exact) mass is 372 g/mol. The lowest BCUT2D eigenvalue weighted by Gasteiger charge is -2.23. The molecule has 0 unspecified atom stereocenters. The normalized spacial score (nSPS) is 10.5. The van der Waals surface area contributed by atoms with Crippen molar-refractivity contribution in [2.45, 2.75) is 26.3 Å². The van der Waals surface area contributed by atoms with Crippen molar-refractivity contribution >= 4 is 17.5 Å². The Bertz CT molecular complexity index is 745. The van der Waals surface area contributed by atoms with E-state index in [4.69, 9.17) is 4.74 Å². The van der Waals surface area contributed by atoms with E-state index >= 15 is 0 Å². The van der Waals surface area contributed by atoms with Crippen molar-refractivity contribution in [3.05, 3.63) is 65.5 Å². The third-order valence-electron chi connectivity index (χ3n) is 4.10. The largest absolute Gasteiger partial charge is 0.383 e. The van der Waals surface area contributed by atoms with Gasteiger partial charge in [0.25, 0.3) is 0 Å². The SMILES string of the molecule is CCC(=O)N(Cc1ccc(F)cc1)c1ccc(CC(=O)NCCOC)cc1. The molecule has 5 nitrogen and oxygen atoms in total. The molecule has 0 aliphatic heterocycles. The summed E-state index contributed by atoms with van der Waals surface area (Å²) in [7, 11) is 1.58. The molecule has 2 aromatic carbocycles. The molecule has 0 aliphatic carbocycles. The van der Waals surface area contributed by atoms with Gasteiger partial charge in [-0.05, 0) is 35.4 Å². The molecule has 2 rings (SSSR count). The summed E-state index contributed by atoms with van der Waals surface area (Å²) in [6, 6.07) is 13.4. The van der Waals surface area contributed by atoms with Gasteiger partial charge in [-0.15, -0.1) is 0 Å². The molecule has 0 atom stereocenters. The Morgan fingerprint density at radius 3 is 2.26 bits per heavy atom. The molecule has 0 saturated heterocycles. The predicted octanol–water partition coefficient (Wildman–Crippen LogP) is 3.07. The molecular weight excluding hydrogens is 347 g/mol. The summed E-state index contributed by atoms with van der Waals surface area (Å²) in [5.41, 5.74) is 2.45. The topological polar surface area (TPSA) is 58.6 Å². The highest BCUT2D eigenvalue weighted by molar-refractivity contribution is 5.93. The van der Waals surface area contributed by atoms with E-state index in [0.717, 1.165) is 16.8 Å². The van der Waals surface area contributed by atoms with E-state index < -0.39 is 0 Å². The molecule has 0 aromatic heterocycles. The minimum atomic E-state index is -0.305. The summed E-state index contributed by atoms with van der Waals surface area (Å²) in [5.74, 6) is -0.405. The zero-order valence-corrected chi connectivity index (χ0v) is 15.7. The van der Waals surface area contributed by atoms with Crippen LogP contribution in [0.4, 0.5) is 10.1 Å². The van der Waals surface area contributed by atoms with Crippen LogP contribution in [0.3, 0.4) is 0 Å². The number of rotatable bonds is 9. The third kappa shape index (κ3) is 6.49. The molecule has 0 bridgehead atoms. The van der Waals surface area contributed by atoms with Gasteiger partial charge in [0.1, 0.15) is 5.82 Å². The number of amides is 2. The van der Waals surface area contributed by atoms with Crippen molar-refractivity contribution in [3.8, 4) is 0 Å². The standard InChI is InChI=1S/C21H25FN2O3/c1-3-21(26)24(15-17-4-8-18(22)9-5-17)19-10-6-16(7-11-19)14-20(25)23-12-13-27-2/h4-11H,3,12-15H2,1-2H3,(H,23,25). The number of halogens is 1. The van der Waals surface area contributed by atoms with Crippen LogP contribution in [0.15, 0.2) is 48.5 Å². The number of anilines is 1. The van der Waals surface area contributed by atoms with Crippen molar-refractivity contribution in [3.63, 3.8) is 0 Å². The lowest BCUT2D eigenvalue weighted by atomic mass is 10.1. The van der Waals surface area contributed by atoms with Gasteiger partial charge >= 0.3 is 0 Å². The number of ether oxygens (including phenoxy) is 1. The third-order valence-corrected chi connectivity index (χ3v) is 4.10. The highest BCUT2D eigenvalue weighted by Gasteiger charge is 2.15. The minimum absolute atomic E-state index is 0.0237. The molecule has 0 spiro atoms. The quantitative estimate of drug-likeness (QED) is 0.688. The number of methoxy groups -OCH3 is 1. The first-order valence-corrected chi connectivity index (χ1v) is 8.93. The molecule has 0 saturated carbocycles. The number of carbonyl (C=O) groups excluding carboxylic acids is 2. The molecule has 1 N–H and O–H groups in total. The van der Waals surface area contributed by atoms with Gasteiger partial charge in [-0.1, -0.05) is 31.2 Å². The number of carbonyl (C=O) groups is 2. The van der Waals surface area contributed by atoms with Crippen molar-refractivity contribution in [1.29, 1.82) is 0 Å². The van der Waals surface area contributed by atoms with Crippen molar-refractivity contribution in [2.75, 3.05) is 25.2 Å². The molecule has 144 valence electrons. The second-order valence-corrected chi connectivity index (χ2v) is 6.15. The number of benzene rings is 2. The van der Waals surface area contributed by atoms with E-state index in [1.165, 1.54) is 12.1 Å². The maximum atomic E-state index is 13.1. The van der Waals surface area contributed by atoms with Gasteiger partial charge in [0.2, 0.25) is 11.8 Å². The Hall–Kier alpha value is -2.73. The first kappa shape index (κ1) is 20.6. The molecule has 6 heteroatoms. The smallest absolute Gasteiger partial charge is 0.227 e. The highest BCUT2D eigenvalue weighted by atomic mass is 19.1. The van der Waals surface area contributed by atoms with Gasteiger partial charge in [-0.25, -0.2) is 4.39 Å². The van der Waals surface area contributed by atoms with E-state index in [0.29, 0.717) is 26.1 Å². The second-order valence-electron chi connectivity index (χ2n) is 6.15. The van der Waals surface area contributed by atoms with E-state index in [1.807, 2.05) is 24.3 Å². The van der Waals surface area contributed by atoms with E-state index in [9.17, 15) is 14.0 Å². The highest BCUT2D eigenvalue weighted by Crippen LogP contribution is 2.20. The molecule has 27 heavy (non-hydrogen) atoms. The fraction of sp³-hybridized carbons (Fsp3) is 0.333. The van der Waals surface area contributed by atoms with Crippen LogP contribution in [-0.2, 0) is 27.3 Å². The second kappa shape index (κ2) is 10.4. The van der Waals surface area contributed by atoms with Crippen LogP contribution >= 0.6 is 0 Å². The molecule has 0 radical (unpaired) electrons. The Morgan fingerprint density at radius 2 is 1.67 bits per heavy atom. The van der Waals surface area contributed by atoms with Crippen molar-refractivity contribution in [2.24, 2.45) is 0 Å².